The molecule has 1 aliphatic heterocycles. The average molecular weight is 241 g/mol. The Morgan fingerprint density at radius 3 is 2.80 bits per heavy atom. The molecule has 0 amide bonds. The SMILES string of the molecule is Cc1ccc(C(C)NC2CCSC2C)s1. The Kier molecular flexibility index (Phi) is 3.75. The van der Waals surface area contributed by atoms with Gasteiger partial charge in [0.1, 0.15) is 0 Å². The van der Waals surface area contributed by atoms with Crippen LogP contribution in [0.4, 0.5) is 0 Å². The number of hydrogen-bond donors (Lipinski definition) is 1. The van der Waals surface area contributed by atoms with Crippen LogP contribution in [-0.4, -0.2) is 17.0 Å². The van der Waals surface area contributed by atoms with Gasteiger partial charge in [0.25, 0.3) is 0 Å². The van der Waals surface area contributed by atoms with Crippen LogP contribution in [0, 0.1) is 6.92 Å². The quantitative estimate of drug-likeness (QED) is 0.868. The van der Waals surface area contributed by atoms with Gasteiger partial charge in [0.15, 0.2) is 0 Å². The molecule has 3 unspecified atom stereocenters. The first-order chi connectivity index (χ1) is 7.16. The topological polar surface area (TPSA) is 12.0 Å². The lowest BCUT2D eigenvalue weighted by Crippen LogP contribution is -2.35. The molecular formula is C12H19NS2. The van der Waals surface area contributed by atoms with Crippen molar-refractivity contribution in [1.29, 1.82) is 0 Å². The molecule has 1 N–H and O–H groups in total. The summed E-state index contributed by atoms with van der Waals surface area (Å²) in [4.78, 5) is 2.88. The Labute approximate surface area is 101 Å². The van der Waals surface area contributed by atoms with Gasteiger partial charge in [0.05, 0.1) is 0 Å². The lowest BCUT2D eigenvalue weighted by Gasteiger charge is -2.21. The summed E-state index contributed by atoms with van der Waals surface area (Å²) in [5, 5.41) is 4.52. The Balaban J connectivity index is 1.94. The Hall–Kier alpha value is 0.01000. The molecule has 0 radical (unpaired) electrons. The van der Waals surface area contributed by atoms with Crippen LogP contribution < -0.4 is 5.32 Å². The molecule has 0 bridgehead atoms. The van der Waals surface area contributed by atoms with Crippen LogP contribution in [0.25, 0.3) is 0 Å². The predicted molar refractivity (Wildman–Crippen MR) is 70.9 cm³/mol. The van der Waals surface area contributed by atoms with Gasteiger partial charge in [0, 0.05) is 27.1 Å². The predicted octanol–water partition coefficient (Wildman–Crippen LogP) is 3.60. The first-order valence-corrected chi connectivity index (χ1v) is 7.47. The maximum absolute atomic E-state index is 3.75. The minimum absolute atomic E-state index is 0.509. The Morgan fingerprint density at radius 1 is 1.47 bits per heavy atom. The Bertz CT molecular complexity index is 321. The van der Waals surface area contributed by atoms with E-state index in [1.54, 1.807) is 0 Å². The van der Waals surface area contributed by atoms with Gasteiger partial charge < -0.3 is 5.32 Å². The lowest BCUT2D eigenvalue weighted by molar-refractivity contribution is 0.458. The molecule has 1 aromatic rings. The van der Waals surface area contributed by atoms with E-state index >= 15 is 0 Å². The molecule has 0 aromatic carbocycles. The minimum Gasteiger partial charge on any atom is -0.306 e. The second-order valence-electron chi connectivity index (χ2n) is 4.31. The molecule has 1 fully saturated rings. The summed E-state index contributed by atoms with van der Waals surface area (Å²) >= 11 is 4.00. The van der Waals surface area contributed by atoms with Gasteiger partial charge in [-0.1, -0.05) is 6.92 Å². The van der Waals surface area contributed by atoms with Crippen molar-refractivity contribution >= 4 is 23.1 Å². The molecule has 2 rings (SSSR count). The zero-order chi connectivity index (χ0) is 10.8. The molecule has 3 heteroatoms. The van der Waals surface area contributed by atoms with Crippen LogP contribution in [0.5, 0.6) is 0 Å². The fourth-order valence-corrected chi connectivity index (χ4v) is 4.14. The molecule has 1 saturated heterocycles. The average Bonchev–Trinajstić information content (AvgIpc) is 2.77. The van der Waals surface area contributed by atoms with Crippen molar-refractivity contribution in [2.45, 2.75) is 44.5 Å². The molecule has 1 nitrogen and oxygen atoms in total. The van der Waals surface area contributed by atoms with Crippen LogP contribution in [-0.2, 0) is 0 Å². The standard InChI is InChI=1S/C12H19NS2/c1-8-4-5-12(15-8)9(2)13-11-6-7-14-10(11)3/h4-5,9-11,13H,6-7H2,1-3H3. The molecule has 84 valence electrons. The maximum Gasteiger partial charge on any atom is 0.0388 e. The van der Waals surface area contributed by atoms with Crippen molar-refractivity contribution in [2.75, 3.05) is 5.75 Å². The van der Waals surface area contributed by atoms with Crippen molar-refractivity contribution in [3.05, 3.63) is 21.9 Å². The summed E-state index contributed by atoms with van der Waals surface area (Å²) in [6.45, 7) is 6.79. The highest BCUT2D eigenvalue weighted by Crippen LogP contribution is 2.29. The zero-order valence-corrected chi connectivity index (χ0v) is 11.3. The molecule has 0 saturated carbocycles. The number of nitrogens with one attached hydrogen (secondary N) is 1. The monoisotopic (exact) mass is 241 g/mol. The zero-order valence-electron chi connectivity index (χ0n) is 9.62. The number of thioether (sulfide) groups is 1. The molecule has 0 aliphatic carbocycles. The second kappa shape index (κ2) is 4.89. The number of aryl methyl sites for hydroxylation is 1. The second-order valence-corrected chi connectivity index (χ2v) is 7.11. The van der Waals surface area contributed by atoms with Crippen LogP contribution in [0.15, 0.2) is 12.1 Å². The summed E-state index contributed by atoms with van der Waals surface area (Å²) in [6, 6.07) is 5.68. The van der Waals surface area contributed by atoms with Gasteiger partial charge in [-0.2, -0.15) is 11.8 Å². The minimum atomic E-state index is 0.509. The third kappa shape index (κ3) is 2.77. The summed E-state index contributed by atoms with van der Waals surface area (Å²) in [7, 11) is 0. The van der Waals surface area contributed by atoms with Gasteiger partial charge in [-0.05, 0) is 38.2 Å². The summed E-state index contributed by atoms with van der Waals surface area (Å²) in [5.74, 6) is 1.31. The highest BCUT2D eigenvalue weighted by molar-refractivity contribution is 8.00. The van der Waals surface area contributed by atoms with Crippen molar-refractivity contribution in [2.24, 2.45) is 0 Å². The normalized spacial score (nSPS) is 28.2. The van der Waals surface area contributed by atoms with Crippen molar-refractivity contribution in [3.63, 3.8) is 0 Å². The molecular weight excluding hydrogens is 222 g/mol. The van der Waals surface area contributed by atoms with E-state index < -0.39 is 0 Å². The van der Waals surface area contributed by atoms with Gasteiger partial charge >= 0.3 is 0 Å². The molecule has 0 spiro atoms. The van der Waals surface area contributed by atoms with E-state index in [1.165, 1.54) is 21.9 Å². The molecule has 15 heavy (non-hydrogen) atoms. The van der Waals surface area contributed by atoms with Crippen molar-refractivity contribution in [3.8, 4) is 0 Å². The van der Waals surface area contributed by atoms with E-state index in [4.69, 9.17) is 0 Å². The van der Waals surface area contributed by atoms with Crippen LogP contribution in [0.2, 0.25) is 0 Å². The van der Waals surface area contributed by atoms with Gasteiger partial charge in [0.2, 0.25) is 0 Å². The third-order valence-electron chi connectivity index (χ3n) is 3.03. The number of thiophene rings is 1. The van der Waals surface area contributed by atoms with E-state index in [-0.39, 0.29) is 0 Å². The molecule has 2 heterocycles. The first kappa shape index (κ1) is 11.5. The molecule has 3 atom stereocenters. The Morgan fingerprint density at radius 2 is 2.27 bits per heavy atom. The third-order valence-corrected chi connectivity index (χ3v) is 5.54. The summed E-state index contributed by atoms with van der Waals surface area (Å²) in [5.41, 5.74) is 0. The summed E-state index contributed by atoms with van der Waals surface area (Å²) in [6.07, 6.45) is 1.32. The van der Waals surface area contributed by atoms with Gasteiger partial charge in [-0.3, -0.25) is 0 Å². The fourth-order valence-electron chi connectivity index (χ4n) is 2.04. The first-order valence-electron chi connectivity index (χ1n) is 5.61. The molecule has 1 aromatic heterocycles. The smallest absolute Gasteiger partial charge is 0.0388 e. The number of hydrogen-bond acceptors (Lipinski definition) is 3. The highest BCUT2D eigenvalue weighted by Gasteiger charge is 2.25. The van der Waals surface area contributed by atoms with Crippen LogP contribution >= 0.6 is 23.1 Å². The van der Waals surface area contributed by atoms with E-state index in [9.17, 15) is 0 Å². The largest absolute Gasteiger partial charge is 0.306 e. The van der Waals surface area contributed by atoms with Crippen molar-refractivity contribution in [1.82, 2.24) is 5.32 Å². The highest BCUT2D eigenvalue weighted by atomic mass is 32.2. The van der Waals surface area contributed by atoms with E-state index in [2.05, 4.69) is 50.0 Å². The van der Waals surface area contributed by atoms with E-state index in [0.717, 1.165) is 5.25 Å². The molecule has 1 aliphatic rings. The van der Waals surface area contributed by atoms with Gasteiger partial charge in [-0.25, -0.2) is 0 Å². The lowest BCUT2D eigenvalue weighted by atomic mass is 10.1. The van der Waals surface area contributed by atoms with Crippen LogP contribution in [0.1, 0.15) is 36.1 Å². The summed E-state index contributed by atoms with van der Waals surface area (Å²) < 4.78 is 0. The number of rotatable bonds is 3. The van der Waals surface area contributed by atoms with Crippen molar-refractivity contribution < 1.29 is 0 Å². The maximum atomic E-state index is 3.75. The van der Waals surface area contributed by atoms with E-state index in [1.807, 2.05) is 11.3 Å². The van der Waals surface area contributed by atoms with Crippen LogP contribution in [0.3, 0.4) is 0 Å². The fraction of sp³-hybridized carbons (Fsp3) is 0.667. The van der Waals surface area contributed by atoms with E-state index in [0.29, 0.717) is 12.1 Å². The van der Waals surface area contributed by atoms with Gasteiger partial charge in [-0.15, -0.1) is 11.3 Å².